The van der Waals surface area contributed by atoms with E-state index in [4.69, 9.17) is 5.11 Å². The van der Waals surface area contributed by atoms with Crippen LogP contribution in [0, 0.1) is 0 Å². The summed E-state index contributed by atoms with van der Waals surface area (Å²) < 4.78 is 4.32. The Morgan fingerprint density at radius 2 is 1.96 bits per heavy atom. The van der Waals surface area contributed by atoms with Crippen molar-refractivity contribution in [1.82, 2.24) is 15.6 Å². The Bertz CT molecular complexity index is 971. The molecule has 2 fully saturated rings. The van der Waals surface area contributed by atoms with E-state index in [1.54, 1.807) is 24.3 Å². The van der Waals surface area contributed by atoms with Crippen LogP contribution in [0.2, 0.25) is 0 Å². The lowest BCUT2D eigenvalue weighted by Gasteiger charge is -2.16. The number of unbranched alkanes of at least 4 members (excludes halogenated alkanes) is 1. The summed E-state index contributed by atoms with van der Waals surface area (Å²) in [6, 6.07) is 7.12. The summed E-state index contributed by atoms with van der Waals surface area (Å²) in [5, 5.41) is 15.2. The van der Waals surface area contributed by atoms with E-state index < -0.39 is 17.4 Å². The normalized spacial score (nSPS) is 22.7. The van der Waals surface area contributed by atoms with Crippen LogP contribution in [-0.2, 0) is 4.79 Å². The second-order valence-corrected chi connectivity index (χ2v) is 7.88. The summed E-state index contributed by atoms with van der Waals surface area (Å²) in [4.78, 5) is 45.6. The number of carboxylic acid groups (broad SMARTS) is 1. The molecule has 0 radical (unpaired) electrons. The monoisotopic (exact) mass is 407 g/mol. The summed E-state index contributed by atoms with van der Waals surface area (Å²) in [6.45, 7) is 0. The smallest absolute Gasteiger partial charge is 0.419 e. The Hall–Kier alpha value is -2.75. The van der Waals surface area contributed by atoms with E-state index in [0.717, 1.165) is 25.0 Å². The Labute approximate surface area is 163 Å². The molecule has 2 aliphatic rings. The number of carbonyl (C=O) groups excluding carboxylic acids is 1. The first kappa shape index (κ1) is 20.0. The zero-order chi connectivity index (χ0) is 20.1. The van der Waals surface area contributed by atoms with Crippen LogP contribution in [0.1, 0.15) is 25.7 Å². The van der Waals surface area contributed by atoms with Gasteiger partial charge in [0.25, 0.3) is 0 Å². The van der Waals surface area contributed by atoms with Gasteiger partial charge in [0, 0.05) is 17.4 Å². The lowest BCUT2D eigenvalue weighted by atomic mass is 10.0. The zero-order valence-electron chi connectivity index (χ0n) is 15.0. The highest BCUT2D eigenvalue weighted by atomic mass is 32.2. The summed E-state index contributed by atoms with van der Waals surface area (Å²) in [7, 11) is 0. The number of fused-ring (bicyclic) bond motifs is 2. The molecule has 28 heavy (non-hydrogen) atoms. The van der Waals surface area contributed by atoms with Crippen molar-refractivity contribution in [3.05, 3.63) is 45.2 Å². The van der Waals surface area contributed by atoms with Gasteiger partial charge in [-0.05, 0) is 25.0 Å². The van der Waals surface area contributed by atoms with Gasteiger partial charge in [-0.1, -0.05) is 18.6 Å². The van der Waals surface area contributed by atoms with Crippen LogP contribution in [0.4, 0.5) is 4.79 Å². The number of benzene rings is 1. The quantitative estimate of drug-likeness (QED) is 0.432. The van der Waals surface area contributed by atoms with Crippen LogP contribution in [0.25, 0.3) is 10.9 Å². The molecule has 4 rings (SSSR count). The number of hydrogen-bond donors (Lipinski definition) is 4. The van der Waals surface area contributed by atoms with Crippen molar-refractivity contribution >= 4 is 34.7 Å². The van der Waals surface area contributed by atoms with Gasteiger partial charge in [0.05, 0.1) is 23.0 Å². The predicted octanol–water partition coefficient (Wildman–Crippen LogP) is 1.28. The average Bonchev–Trinajstić information content (AvgIpc) is 3.18. The Balaban J connectivity index is 0.000000167. The molecule has 0 bridgehead atoms. The van der Waals surface area contributed by atoms with Crippen LogP contribution in [-0.4, -0.2) is 45.2 Å². The maximum Gasteiger partial charge on any atom is 0.419 e. The summed E-state index contributed by atoms with van der Waals surface area (Å²) in [5.74, 6) is -0.487. The molecule has 10 heteroatoms. The third-order valence-electron chi connectivity index (χ3n) is 4.64. The molecule has 2 amide bonds. The molecule has 0 unspecified atom stereocenters. The molecule has 150 valence electrons. The molecule has 3 atom stereocenters. The topological polar surface area (TPSA) is 142 Å². The molecule has 0 aliphatic carbocycles. The summed E-state index contributed by atoms with van der Waals surface area (Å²) >= 11 is 1.87. The van der Waals surface area contributed by atoms with Crippen molar-refractivity contribution in [3.8, 4) is 0 Å². The number of nitrogens with one attached hydrogen (secondary N) is 3. The first-order chi connectivity index (χ1) is 13.4. The van der Waals surface area contributed by atoms with Crippen molar-refractivity contribution in [2.45, 2.75) is 43.0 Å². The maximum atomic E-state index is 11.1. The van der Waals surface area contributed by atoms with Crippen LogP contribution >= 0.6 is 11.8 Å². The fourth-order valence-electron chi connectivity index (χ4n) is 3.31. The van der Waals surface area contributed by atoms with E-state index in [-0.39, 0.29) is 24.5 Å². The number of urea groups is 1. The number of H-pyrrole nitrogens is 1. The fourth-order valence-corrected chi connectivity index (χ4v) is 4.85. The standard InChI is InChI=1S/C10H16N2O3S.C8H5NO3/c13-8(14)4-2-1-3-7-9-6(5-16-7)11-10(15)12-9;10-7-5-3-1-2-4-6(5)9-8(11)12-7/h6-7,9H,1-5H2,(H,13,14)(H2,11,12,15);1-4H,(H,9,11)/t6-,7-,9-;/m0./s1. The van der Waals surface area contributed by atoms with Crippen molar-refractivity contribution in [2.24, 2.45) is 0 Å². The van der Waals surface area contributed by atoms with Crippen LogP contribution in [0.15, 0.2) is 38.3 Å². The van der Waals surface area contributed by atoms with E-state index in [1.165, 1.54) is 0 Å². The molecular formula is C18H21N3O6S. The van der Waals surface area contributed by atoms with Gasteiger partial charge in [0.2, 0.25) is 0 Å². The summed E-state index contributed by atoms with van der Waals surface area (Å²) in [5.41, 5.74) is -0.104. The fraction of sp³-hybridized carbons (Fsp3) is 0.444. The van der Waals surface area contributed by atoms with Crippen molar-refractivity contribution in [2.75, 3.05) is 5.75 Å². The van der Waals surface area contributed by atoms with Crippen molar-refractivity contribution < 1.29 is 19.1 Å². The minimum Gasteiger partial charge on any atom is -0.481 e. The van der Waals surface area contributed by atoms with Gasteiger partial charge >= 0.3 is 23.4 Å². The molecule has 2 aromatic rings. The first-order valence-electron chi connectivity index (χ1n) is 8.96. The number of aliphatic carboxylic acids is 1. The average molecular weight is 407 g/mol. The number of rotatable bonds is 5. The maximum absolute atomic E-state index is 11.1. The van der Waals surface area contributed by atoms with Gasteiger partial charge < -0.3 is 20.2 Å². The lowest BCUT2D eigenvalue weighted by Crippen LogP contribution is -2.36. The van der Waals surface area contributed by atoms with Gasteiger partial charge in [-0.25, -0.2) is 14.4 Å². The molecule has 3 heterocycles. The van der Waals surface area contributed by atoms with E-state index >= 15 is 0 Å². The molecule has 1 aromatic carbocycles. The van der Waals surface area contributed by atoms with Gasteiger partial charge in [0.15, 0.2) is 0 Å². The van der Waals surface area contributed by atoms with Gasteiger partial charge in [-0.2, -0.15) is 11.8 Å². The number of carboxylic acids is 1. The SMILES string of the molecule is O=C(O)CCCC[C@@H]1SC[C@@H]2NC(=O)N[C@@H]21.O=c1[nH]c2ccccc2c(=O)o1. The van der Waals surface area contributed by atoms with Crippen LogP contribution in [0.3, 0.4) is 0 Å². The lowest BCUT2D eigenvalue weighted by molar-refractivity contribution is -0.137. The minimum atomic E-state index is -0.729. The third kappa shape index (κ3) is 4.94. The first-order valence-corrected chi connectivity index (χ1v) is 10.0. The number of thioether (sulfide) groups is 1. The minimum absolute atomic E-state index is 0.0640. The molecule has 0 spiro atoms. The molecule has 9 nitrogen and oxygen atoms in total. The molecule has 0 saturated carbocycles. The van der Waals surface area contributed by atoms with Gasteiger partial charge in [-0.3, -0.25) is 9.78 Å². The number of carbonyl (C=O) groups is 2. The Kier molecular flexibility index (Phi) is 6.40. The number of aromatic nitrogens is 1. The molecule has 1 aromatic heterocycles. The van der Waals surface area contributed by atoms with Crippen molar-refractivity contribution in [1.29, 1.82) is 0 Å². The Morgan fingerprint density at radius 1 is 1.18 bits per heavy atom. The van der Waals surface area contributed by atoms with Crippen LogP contribution < -0.4 is 22.0 Å². The van der Waals surface area contributed by atoms with E-state index in [0.29, 0.717) is 16.2 Å². The van der Waals surface area contributed by atoms with E-state index in [9.17, 15) is 19.2 Å². The number of amides is 2. The van der Waals surface area contributed by atoms with Crippen molar-refractivity contribution in [3.63, 3.8) is 0 Å². The third-order valence-corrected chi connectivity index (χ3v) is 6.15. The molecule has 2 aliphatic heterocycles. The highest BCUT2D eigenvalue weighted by Crippen LogP contribution is 2.33. The predicted molar refractivity (Wildman–Crippen MR) is 105 cm³/mol. The van der Waals surface area contributed by atoms with E-state index in [2.05, 4.69) is 20.0 Å². The van der Waals surface area contributed by atoms with E-state index in [1.807, 2.05) is 11.8 Å². The van der Waals surface area contributed by atoms with Gasteiger partial charge in [0.1, 0.15) is 0 Å². The second kappa shape index (κ2) is 8.96. The largest absolute Gasteiger partial charge is 0.481 e. The summed E-state index contributed by atoms with van der Waals surface area (Å²) in [6.07, 6.45) is 2.88. The second-order valence-electron chi connectivity index (χ2n) is 6.61. The molecular weight excluding hydrogens is 386 g/mol. The van der Waals surface area contributed by atoms with Gasteiger partial charge in [-0.15, -0.1) is 0 Å². The Morgan fingerprint density at radius 3 is 2.75 bits per heavy atom. The number of hydrogen-bond acceptors (Lipinski definition) is 6. The zero-order valence-corrected chi connectivity index (χ0v) is 15.8. The highest BCUT2D eigenvalue weighted by Gasteiger charge is 2.42. The number of aromatic amines is 1. The van der Waals surface area contributed by atoms with Crippen LogP contribution in [0.5, 0.6) is 0 Å². The molecule has 4 N–H and O–H groups in total. The highest BCUT2D eigenvalue weighted by molar-refractivity contribution is 8.00. The number of para-hydroxylation sites is 1. The molecule has 2 saturated heterocycles.